The lowest BCUT2D eigenvalue weighted by Gasteiger charge is -2.08. The van der Waals surface area contributed by atoms with Gasteiger partial charge in [-0.05, 0) is 36.8 Å². The zero-order valence-electron chi connectivity index (χ0n) is 11.3. The Labute approximate surface area is 122 Å². The Kier molecular flexibility index (Phi) is 4.23. The van der Waals surface area contributed by atoms with Gasteiger partial charge < -0.3 is 5.11 Å². The van der Waals surface area contributed by atoms with Crippen LogP contribution in [-0.4, -0.2) is 24.5 Å². The molecule has 2 rings (SSSR count). The summed E-state index contributed by atoms with van der Waals surface area (Å²) in [6, 6.07) is 10.7. The number of sulfonamides is 1. The van der Waals surface area contributed by atoms with Crippen molar-refractivity contribution in [2.45, 2.75) is 12.7 Å². The van der Waals surface area contributed by atoms with Gasteiger partial charge in [-0.15, -0.1) is 0 Å². The van der Waals surface area contributed by atoms with Crippen molar-refractivity contribution in [2.75, 3.05) is 4.72 Å². The molecule has 6 nitrogen and oxygen atoms in total. The number of nitrogens with zero attached hydrogens (tertiary/aromatic N) is 1. The highest BCUT2D eigenvalue weighted by Crippen LogP contribution is 2.12. The number of aromatic nitrogens is 1. The summed E-state index contributed by atoms with van der Waals surface area (Å²) < 4.78 is 26.5. The number of aryl methyl sites for hydroxylation is 1. The average molecular weight is 306 g/mol. The van der Waals surface area contributed by atoms with Gasteiger partial charge in [0, 0.05) is 5.69 Å². The van der Waals surface area contributed by atoms with Crippen molar-refractivity contribution in [3.05, 3.63) is 59.3 Å². The minimum Gasteiger partial charge on any atom is -0.478 e. The maximum Gasteiger partial charge on any atom is 0.335 e. The number of hydrogen-bond acceptors (Lipinski definition) is 4. The molecular weight excluding hydrogens is 292 g/mol. The fourth-order valence-corrected chi connectivity index (χ4v) is 2.89. The number of carboxylic acids is 1. The summed E-state index contributed by atoms with van der Waals surface area (Å²) >= 11 is 0. The van der Waals surface area contributed by atoms with Gasteiger partial charge in [0.05, 0.1) is 11.3 Å². The van der Waals surface area contributed by atoms with E-state index in [-0.39, 0.29) is 17.1 Å². The predicted octanol–water partition coefficient (Wildman–Crippen LogP) is 2.03. The molecule has 1 heterocycles. The Morgan fingerprint density at radius 3 is 2.43 bits per heavy atom. The molecule has 0 aliphatic heterocycles. The molecule has 2 N–H and O–H groups in total. The molecule has 7 heteroatoms. The Hall–Kier alpha value is -2.41. The van der Waals surface area contributed by atoms with Gasteiger partial charge in [-0.1, -0.05) is 18.2 Å². The molecule has 0 aliphatic carbocycles. The Morgan fingerprint density at radius 2 is 1.86 bits per heavy atom. The Bertz CT molecular complexity index is 755. The normalized spacial score (nSPS) is 11.1. The van der Waals surface area contributed by atoms with E-state index in [9.17, 15) is 13.2 Å². The molecule has 0 saturated carbocycles. The number of benzene rings is 1. The second-order valence-corrected chi connectivity index (χ2v) is 6.25. The topological polar surface area (TPSA) is 96.4 Å². The minimum absolute atomic E-state index is 0.115. The van der Waals surface area contributed by atoms with E-state index < -0.39 is 16.0 Å². The molecule has 1 aromatic carbocycles. The van der Waals surface area contributed by atoms with E-state index in [0.717, 1.165) is 0 Å². The van der Waals surface area contributed by atoms with Gasteiger partial charge in [0.15, 0.2) is 0 Å². The van der Waals surface area contributed by atoms with E-state index in [4.69, 9.17) is 5.11 Å². The van der Waals surface area contributed by atoms with E-state index in [1.165, 1.54) is 24.3 Å². The highest BCUT2D eigenvalue weighted by molar-refractivity contribution is 7.91. The van der Waals surface area contributed by atoms with E-state index in [1.807, 2.05) is 0 Å². The SMILES string of the molecule is Cc1cccc(NS(=O)(=O)Cc2ccc(C(=O)O)cc2)n1. The van der Waals surface area contributed by atoms with Crippen LogP contribution in [-0.2, 0) is 15.8 Å². The fourth-order valence-electron chi connectivity index (χ4n) is 1.76. The van der Waals surface area contributed by atoms with Crippen LogP contribution in [0.4, 0.5) is 5.82 Å². The Morgan fingerprint density at radius 1 is 1.19 bits per heavy atom. The Balaban J connectivity index is 2.12. The van der Waals surface area contributed by atoms with Gasteiger partial charge in [0.2, 0.25) is 10.0 Å². The maximum atomic E-state index is 12.0. The minimum atomic E-state index is -3.60. The number of nitrogens with one attached hydrogen (secondary N) is 1. The number of carbonyl (C=O) groups is 1. The summed E-state index contributed by atoms with van der Waals surface area (Å²) in [7, 11) is -3.60. The van der Waals surface area contributed by atoms with E-state index in [2.05, 4.69) is 9.71 Å². The van der Waals surface area contributed by atoms with Crippen molar-refractivity contribution in [1.29, 1.82) is 0 Å². The molecule has 0 aliphatic rings. The van der Waals surface area contributed by atoms with Crippen molar-refractivity contribution in [3.63, 3.8) is 0 Å². The summed E-state index contributed by atoms with van der Waals surface area (Å²) in [4.78, 5) is 14.8. The summed E-state index contributed by atoms with van der Waals surface area (Å²) in [5, 5.41) is 8.79. The first-order valence-electron chi connectivity index (χ1n) is 6.12. The van der Waals surface area contributed by atoms with Crippen molar-refractivity contribution in [2.24, 2.45) is 0 Å². The highest BCUT2D eigenvalue weighted by atomic mass is 32.2. The number of rotatable bonds is 5. The average Bonchev–Trinajstić information content (AvgIpc) is 2.38. The smallest absolute Gasteiger partial charge is 0.335 e. The van der Waals surface area contributed by atoms with Crippen LogP contribution < -0.4 is 4.72 Å². The van der Waals surface area contributed by atoms with Crippen LogP contribution in [0.2, 0.25) is 0 Å². The molecule has 0 fully saturated rings. The largest absolute Gasteiger partial charge is 0.478 e. The van der Waals surface area contributed by atoms with Crippen LogP contribution in [0.25, 0.3) is 0 Å². The van der Waals surface area contributed by atoms with Crippen molar-refractivity contribution in [1.82, 2.24) is 4.98 Å². The number of pyridine rings is 1. The monoisotopic (exact) mass is 306 g/mol. The van der Waals surface area contributed by atoms with Crippen molar-refractivity contribution < 1.29 is 18.3 Å². The number of carboxylic acid groups (broad SMARTS) is 1. The van der Waals surface area contributed by atoms with Gasteiger partial charge in [0.1, 0.15) is 5.82 Å². The zero-order valence-corrected chi connectivity index (χ0v) is 12.1. The van der Waals surface area contributed by atoms with Crippen LogP contribution in [0.5, 0.6) is 0 Å². The fraction of sp³-hybridized carbons (Fsp3) is 0.143. The van der Waals surface area contributed by atoms with Crippen LogP contribution in [0.3, 0.4) is 0 Å². The van der Waals surface area contributed by atoms with E-state index >= 15 is 0 Å². The van der Waals surface area contributed by atoms with Crippen molar-refractivity contribution in [3.8, 4) is 0 Å². The molecule has 110 valence electrons. The molecule has 0 radical (unpaired) electrons. The van der Waals surface area contributed by atoms with Gasteiger partial charge in [-0.25, -0.2) is 18.2 Å². The maximum absolute atomic E-state index is 12.0. The summed E-state index contributed by atoms with van der Waals surface area (Å²) in [5.41, 5.74) is 1.32. The molecule has 1 aromatic heterocycles. The number of anilines is 1. The predicted molar refractivity (Wildman–Crippen MR) is 78.6 cm³/mol. The molecule has 0 spiro atoms. The first-order chi connectivity index (χ1) is 9.85. The molecule has 0 unspecified atom stereocenters. The van der Waals surface area contributed by atoms with Gasteiger partial charge in [-0.2, -0.15) is 0 Å². The third-order valence-electron chi connectivity index (χ3n) is 2.71. The number of aromatic carboxylic acids is 1. The molecule has 0 amide bonds. The third kappa shape index (κ3) is 4.28. The quantitative estimate of drug-likeness (QED) is 0.881. The second-order valence-electron chi connectivity index (χ2n) is 4.53. The van der Waals surface area contributed by atoms with Crippen LogP contribution in [0.1, 0.15) is 21.6 Å². The van der Waals surface area contributed by atoms with Gasteiger partial charge in [0.25, 0.3) is 0 Å². The lowest BCUT2D eigenvalue weighted by atomic mass is 10.1. The first-order valence-corrected chi connectivity index (χ1v) is 7.77. The lowest BCUT2D eigenvalue weighted by molar-refractivity contribution is 0.0697. The standard InChI is InChI=1S/C14H14N2O4S/c1-10-3-2-4-13(15-10)16-21(19,20)9-11-5-7-12(8-6-11)14(17)18/h2-8H,9H2,1H3,(H,15,16)(H,17,18). The summed E-state index contributed by atoms with van der Waals surface area (Å²) in [6.07, 6.45) is 0. The second kappa shape index (κ2) is 5.92. The van der Waals surface area contributed by atoms with Crippen LogP contribution in [0, 0.1) is 6.92 Å². The van der Waals surface area contributed by atoms with Crippen LogP contribution >= 0.6 is 0 Å². The molecule has 2 aromatic rings. The van der Waals surface area contributed by atoms with Crippen molar-refractivity contribution >= 4 is 21.8 Å². The number of hydrogen-bond donors (Lipinski definition) is 2. The lowest BCUT2D eigenvalue weighted by Crippen LogP contribution is -2.16. The highest BCUT2D eigenvalue weighted by Gasteiger charge is 2.13. The zero-order chi connectivity index (χ0) is 15.5. The van der Waals surface area contributed by atoms with Gasteiger partial charge >= 0.3 is 5.97 Å². The molecule has 0 atom stereocenters. The van der Waals surface area contributed by atoms with E-state index in [0.29, 0.717) is 11.3 Å². The molecule has 21 heavy (non-hydrogen) atoms. The summed E-state index contributed by atoms with van der Waals surface area (Å²) in [5.74, 6) is -1.04. The molecule has 0 saturated heterocycles. The van der Waals surface area contributed by atoms with Gasteiger partial charge in [-0.3, -0.25) is 4.72 Å². The first kappa shape index (κ1) is 15.0. The summed E-state index contributed by atoms with van der Waals surface area (Å²) in [6.45, 7) is 1.77. The van der Waals surface area contributed by atoms with E-state index in [1.54, 1.807) is 25.1 Å². The van der Waals surface area contributed by atoms with Crippen LogP contribution in [0.15, 0.2) is 42.5 Å². The molecule has 0 bridgehead atoms. The molecular formula is C14H14N2O4S. The third-order valence-corrected chi connectivity index (χ3v) is 3.94.